The second kappa shape index (κ2) is 5.74. The van der Waals surface area contributed by atoms with Crippen LogP contribution >= 0.6 is 11.3 Å². The van der Waals surface area contributed by atoms with E-state index in [1.165, 1.54) is 13.2 Å². The minimum absolute atomic E-state index is 0.163. The molecule has 2 heterocycles. The number of esters is 1. The van der Waals surface area contributed by atoms with Crippen LogP contribution in [0.2, 0.25) is 0 Å². The van der Waals surface area contributed by atoms with Crippen LogP contribution in [0.4, 0.5) is 14.5 Å². The van der Waals surface area contributed by atoms with E-state index in [2.05, 4.69) is 15.0 Å². The molecular formula is C12H8F2N2O3S. The second-order valence-corrected chi connectivity index (χ2v) is 4.49. The zero-order chi connectivity index (χ0) is 14.7. The quantitative estimate of drug-likeness (QED) is 0.698. The molecule has 0 saturated carbocycles. The van der Waals surface area contributed by atoms with Gasteiger partial charge in [0.05, 0.1) is 18.4 Å². The highest BCUT2D eigenvalue weighted by Crippen LogP contribution is 2.24. The van der Waals surface area contributed by atoms with Crippen molar-refractivity contribution in [3.8, 4) is 0 Å². The number of thiophene rings is 1. The first-order valence-electron chi connectivity index (χ1n) is 5.31. The summed E-state index contributed by atoms with van der Waals surface area (Å²) < 4.78 is 30.9. The molecule has 5 nitrogen and oxygen atoms in total. The molecule has 0 fully saturated rings. The molecule has 0 bridgehead atoms. The SMILES string of the molecule is COC(=O)c1sccc1NC(=O)c1ccnc(F)c1F. The van der Waals surface area contributed by atoms with Crippen molar-refractivity contribution in [2.24, 2.45) is 0 Å². The van der Waals surface area contributed by atoms with E-state index in [1.807, 2.05) is 0 Å². The highest BCUT2D eigenvalue weighted by Gasteiger charge is 2.20. The summed E-state index contributed by atoms with van der Waals surface area (Å²) in [6, 6.07) is 2.50. The van der Waals surface area contributed by atoms with Crippen molar-refractivity contribution in [3.63, 3.8) is 0 Å². The van der Waals surface area contributed by atoms with E-state index in [0.29, 0.717) is 0 Å². The summed E-state index contributed by atoms with van der Waals surface area (Å²) in [6.07, 6.45) is 0.974. The maximum Gasteiger partial charge on any atom is 0.350 e. The molecule has 0 aromatic carbocycles. The van der Waals surface area contributed by atoms with Gasteiger partial charge in [0, 0.05) is 6.20 Å². The average molecular weight is 298 g/mol. The normalized spacial score (nSPS) is 10.2. The molecule has 0 saturated heterocycles. The van der Waals surface area contributed by atoms with Crippen LogP contribution in [-0.2, 0) is 4.74 Å². The number of anilines is 1. The highest BCUT2D eigenvalue weighted by atomic mass is 32.1. The van der Waals surface area contributed by atoms with Gasteiger partial charge in [-0.25, -0.2) is 14.2 Å². The minimum Gasteiger partial charge on any atom is -0.465 e. The van der Waals surface area contributed by atoms with E-state index < -0.39 is 29.2 Å². The minimum atomic E-state index is -1.36. The fourth-order valence-electron chi connectivity index (χ4n) is 1.44. The van der Waals surface area contributed by atoms with Crippen LogP contribution in [0.25, 0.3) is 0 Å². The van der Waals surface area contributed by atoms with E-state index in [1.54, 1.807) is 5.38 Å². The van der Waals surface area contributed by atoms with Gasteiger partial charge in [-0.15, -0.1) is 11.3 Å². The topological polar surface area (TPSA) is 68.3 Å². The van der Waals surface area contributed by atoms with Gasteiger partial charge in [-0.2, -0.15) is 4.39 Å². The van der Waals surface area contributed by atoms with Crippen LogP contribution in [0.1, 0.15) is 20.0 Å². The number of aromatic nitrogens is 1. The van der Waals surface area contributed by atoms with Gasteiger partial charge in [-0.3, -0.25) is 4.79 Å². The molecule has 0 aliphatic carbocycles. The number of amides is 1. The summed E-state index contributed by atoms with van der Waals surface area (Å²) in [5.41, 5.74) is -0.331. The van der Waals surface area contributed by atoms with Gasteiger partial charge in [0.15, 0.2) is 5.82 Å². The largest absolute Gasteiger partial charge is 0.465 e. The second-order valence-electron chi connectivity index (χ2n) is 3.57. The van der Waals surface area contributed by atoms with Gasteiger partial charge in [0.2, 0.25) is 5.95 Å². The van der Waals surface area contributed by atoms with Crippen molar-refractivity contribution in [3.05, 3.63) is 45.9 Å². The molecule has 0 unspecified atom stereocenters. The third-order valence-electron chi connectivity index (χ3n) is 2.38. The Balaban J connectivity index is 2.27. The number of halogens is 2. The molecule has 0 aliphatic rings. The maximum atomic E-state index is 13.4. The molecule has 0 aliphatic heterocycles. The number of carbonyl (C=O) groups is 2. The molecule has 2 aromatic heterocycles. The number of hydrogen-bond acceptors (Lipinski definition) is 5. The first kappa shape index (κ1) is 14.1. The molecule has 1 amide bonds. The van der Waals surface area contributed by atoms with Crippen molar-refractivity contribution in [2.45, 2.75) is 0 Å². The summed E-state index contributed by atoms with van der Waals surface area (Å²) in [7, 11) is 1.20. The predicted octanol–water partition coefficient (Wildman–Crippen LogP) is 2.46. The number of rotatable bonds is 3. The molecule has 8 heteroatoms. The maximum absolute atomic E-state index is 13.4. The van der Waals surface area contributed by atoms with Crippen LogP contribution in [-0.4, -0.2) is 24.0 Å². The zero-order valence-corrected chi connectivity index (χ0v) is 11.0. The van der Waals surface area contributed by atoms with E-state index in [9.17, 15) is 18.4 Å². The van der Waals surface area contributed by atoms with Gasteiger partial charge in [-0.1, -0.05) is 0 Å². The zero-order valence-electron chi connectivity index (χ0n) is 10.1. The lowest BCUT2D eigenvalue weighted by molar-refractivity contribution is 0.0607. The van der Waals surface area contributed by atoms with Crippen molar-refractivity contribution in [2.75, 3.05) is 12.4 Å². The van der Waals surface area contributed by atoms with Crippen LogP contribution < -0.4 is 5.32 Å². The number of nitrogens with one attached hydrogen (secondary N) is 1. The Hall–Kier alpha value is -2.35. The molecule has 0 radical (unpaired) electrons. The van der Waals surface area contributed by atoms with Crippen molar-refractivity contribution in [1.29, 1.82) is 0 Å². The summed E-state index contributed by atoms with van der Waals surface area (Å²) in [5, 5.41) is 3.89. The summed E-state index contributed by atoms with van der Waals surface area (Å²) in [6.45, 7) is 0. The molecule has 20 heavy (non-hydrogen) atoms. The average Bonchev–Trinajstić information content (AvgIpc) is 2.89. The smallest absolute Gasteiger partial charge is 0.350 e. The fourth-order valence-corrected chi connectivity index (χ4v) is 2.21. The number of pyridine rings is 1. The van der Waals surface area contributed by atoms with Crippen molar-refractivity contribution >= 4 is 28.9 Å². The molecule has 104 valence electrons. The van der Waals surface area contributed by atoms with Crippen LogP contribution in [0.15, 0.2) is 23.7 Å². The Morgan fingerprint density at radius 1 is 1.35 bits per heavy atom. The Morgan fingerprint density at radius 3 is 2.80 bits per heavy atom. The molecule has 2 rings (SSSR count). The van der Waals surface area contributed by atoms with E-state index >= 15 is 0 Å². The Kier molecular flexibility index (Phi) is 4.04. The standard InChI is InChI=1S/C12H8F2N2O3S/c1-19-12(18)9-7(3-5-20-9)16-11(17)6-2-4-15-10(14)8(6)13/h2-5H,1H3,(H,16,17). The lowest BCUT2D eigenvalue weighted by atomic mass is 10.2. The monoisotopic (exact) mass is 298 g/mol. The van der Waals surface area contributed by atoms with E-state index in [0.717, 1.165) is 23.6 Å². The number of ether oxygens (including phenoxy) is 1. The molecule has 2 aromatic rings. The highest BCUT2D eigenvalue weighted by molar-refractivity contribution is 7.12. The number of nitrogens with zero attached hydrogens (tertiary/aromatic N) is 1. The van der Waals surface area contributed by atoms with Crippen molar-refractivity contribution in [1.82, 2.24) is 4.98 Å². The number of methoxy groups -OCH3 is 1. The van der Waals surface area contributed by atoms with Crippen LogP contribution in [0.5, 0.6) is 0 Å². The van der Waals surface area contributed by atoms with Crippen LogP contribution in [0.3, 0.4) is 0 Å². The molecule has 1 N–H and O–H groups in total. The molecular weight excluding hydrogens is 290 g/mol. The van der Waals surface area contributed by atoms with E-state index in [4.69, 9.17) is 0 Å². The number of carbonyl (C=O) groups excluding carboxylic acids is 2. The summed E-state index contributed by atoms with van der Waals surface area (Å²) in [5.74, 6) is -4.22. The van der Waals surface area contributed by atoms with Gasteiger partial charge < -0.3 is 10.1 Å². The predicted molar refractivity (Wildman–Crippen MR) is 67.8 cm³/mol. The van der Waals surface area contributed by atoms with Gasteiger partial charge in [0.25, 0.3) is 5.91 Å². The number of hydrogen-bond donors (Lipinski definition) is 1. The Morgan fingerprint density at radius 2 is 2.10 bits per heavy atom. The molecule has 0 spiro atoms. The molecule has 0 atom stereocenters. The van der Waals surface area contributed by atoms with Gasteiger partial charge in [-0.05, 0) is 17.5 Å². The van der Waals surface area contributed by atoms with Gasteiger partial charge >= 0.3 is 5.97 Å². The Bertz CT molecular complexity index is 672. The third-order valence-corrected chi connectivity index (χ3v) is 3.27. The lowest BCUT2D eigenvalue weighted by Crippen LogP contribution is -2.16. The lowest BCUT2D eigenvalue weighted by Gasteiger charge is -2.06. The first-order chi connectivity index (χ1) is 9.54. The van der Waals surface area contributed by atoms with Crippen molar-refractivity contribution < 1.29 is 23.1 Å². The summed E-state index contributed by atoms with van der Waals surface area (Å²) in [4.78, 5) is 26.5. The fraction of sp³-hybridized carbons (Fsp3) is 0.0833. The third kappa shape index (κ3) is 2.64. The summed E-state index contributed by atoms with van der Waals surface area (Å²) >= 11 is 1.06. The van der Waals surface area contributed by atoms with Gasteiger partial charge in [0.1, 0.15) is 4.88 Å². The van der Waals surface area contributed by atoms with E-state index in [-0.39, 0.29) is 10.6 Å². The Labute approximate surface area is 116 Å². The van der Waals surface area contributed by atoms with Crippen LogP contribution in [0, 0.1) is 11.8 Å². The first-order valence-corrected chi connectivity index (χ1v) is 6.19.